The Morgan fingerprint density at radius 2 is 2.00 bits per heavy atom. The summed E-state index contributed by atoms with van der Waals surface area (Å²) in [4.78, 5) is 7.64. The van der Waals surface area contributed by atoms with Crippen LogP contribution in [0.5, 0.6) is 0 Å². The largest absolute Gasteiger partial charge is 0.359 e. The number of benzene rings is 1. The fraction of sp³-hybridized carbons (Fsp3) is 0.550. The van der Waals surface area contributed by atoms with Gasteiger partial charge < -0.3 is 5.32 Å². The predicted octanol–water partition coefficient (Wildman–Crippen LogP) is 4.50. The first-order chi connectivity index (χ1) is 13.4. The maximum Gasteiger partial charge on any atom is 0.211 e. The standard InChI is InChI=1S/C20H27N3O2S3/c1-13(28(21,24)25)12-14-6-8-15(9-7-14)22-20-23-19-16-4-2-3-5-17(16)26-11-10-18(19)27-20/h2-5,13-15H,6-12H2,1H3,(H,22,23)(H2,21,24,25). The molecule has 0 bridgehead atoms. The molecule has 1 aliphatic heterocycles. The smallest absolute Gasteiger partial charge is 0.211 e. The highest BCUT2D eigenvalue weighted by atomic mass is 32.2. The number of fused-ring (bicyclic) bond motifs is 3. The highest BCUT2D eigenvalue weighted by Crippen LogP contribution is 2.41. The minimum Gasteiger partial charge on any atom is -0.359 e. The number of thiazole rings is 1. The molecule has 0 amide bonds. The Bertz CT molecular complexity index is 934. The van der Waals surface area contributed by atoms with Crippen LogP contribution in [0.1, 0.15) is 43.9 Å². The van der Waals surface area contributed by atoms with Gasteiger partial charge in [-0.25, -0.2) is 18.5 Å². The highest BCUT2D eigenvalue weighted by molar-refractivity contribution is 7.99. The molecule has 0 radical (unpaired) electrons. The van der Waals surface area contributed by atoms with Gasteiger partial charge in [0.15, 0.2) is 5.13 Å². The molecule has 0 spiro atoms. The van der Waals surface area contributed by atoms with E-state index >= 15 is 0 Å². The first-order valence-corrected chi connectivity index (χ1v) is 13.3. The summed E-state index contributed by atoms with van der Waals surface area (Å²) in [6, 6.07) is 8.96. The summed E-state index contributed by atoms with van der Waals surface area (Å²) in [5, 5.41) is 9.49. The van der Waals surface area contributed by atoms with E-state index in [2.05, 4.69) is 29.6 Å². The molecule has 0 saturated heterocycles. The molecule has 152 valence electrons. The first kappa shape index (κ1) is 20.2. The third-order valence-electron chi connectivity index (χ3n) is 5.83. The summed E-state index contributed by atoms with van der Waals surface area (Å²) in [6.07, 6.45) is 5.93. The lowest BCUT2D eigenvalue weighted by molar-refractivity contribution is 0.319. The van der Waals surface area contributed by atoms with Gasteiger partial charge >= 0.3 is 0 Å². The average molecular weight is 438 g/mol. The minimum atomic E-state index is -3.42. The monoisotopic (exact) mass is 437 g/mol. The van der Waals surface area contributed by atoms with E-state index in [4.69, 9.17) is 10.1 Å². The van der Waals surface area contributed by atoms with Crippen molar-refractivity contribution in [3.8, 4) is 11.3 Å². The summed E-state index contributed by atoms with van der Waals surface area (Å²) >= 11 is 3.70. The predicted molar refractivity (Wildman–Crippen MR) is 119 cm³/mol. The number of nitrogens with two attached hydrogens (primary N) is 1. The lowest BCUT2D eigenvalue weighted by atomic mass is 9.83. The van der Waals surface area contributed by atoms with Crippen molar-refractivity contribution in [3.63, 3.8) is 0 Å². The molecule has 1 fully saturated rings. The first-order valence-electron chi connectivity index (χ1n) is 9.90. The second kappa shape index (κ2) is 8.34. The molecular weight excluding hydrogens is 410 g/mol. The molecule has 2 aliphatic rings. The number of nitrogens with one attached hydrogen (secondary N) is 1. The number of aryl methyl sites for hydroxylation is 1. The number of hydrogen-bond acceptors (Lipinski definition) is 6. The molecule has 8 heteroatoms. The fourth-order valence-electron chi connectivity index (χ4n) is 4.16. The van der Waals surface area contributed by atoms with Crippen LogP contribution in [-0.4, -0.2) is 30.4 Å². The van der Waals surface area contributed by atoms with E-state index in [0.717, 1.165) is 48.7 Å². The molecule has 28 heavy (non-hydrogen) atoms. The van der Waals surface area contributed by atoms with Crippen molar-refractivity contribution in [1.29, 1.82) is 0 Å². The zero-order valence-corrected chi connectivity index (χ0v) is 18.5. The van der Waals surface area contributed by atoms with Crippen molar-refractivity contribution < 1.29 is 8.42 Å². The summed E-state index contributed by atoms with van der Waals surface area (Å²) in [6.45, 7) is 1.72. The van der Waals surface area contributed by atoms with Gasteiger partial charge in [-0.15, -0.1) is 23.1 Å². The van der Waals surface area contributed by atoms with E-state index in [1.165, 1.54) is 15.3 Å². The van der Waals surface area contributed by atoms with Crippen molar-refractivity contribution in [2.24, 2.45) is 11.1 Å². The van der Waals surface area contributed by atoms with Crippen molar-refractivity contribution in [2.75, 3.05) is 11.1 Å². The van der Waals surface area contributed by atoms with E-state index in [9.17, 15) is 8.42 Å². The molecular formula is C20H27N3O2S3. The number of anilines is 1. The number of rotatable bonds is 5. The molecule has 2 heterocycles. The van der Waals surface area contributed by atoms with Crippen LogP contribution in [0.3, 0.4) is 0 Å². The van der Waals surface area contributed by atoms with Gasteiger partial charge in [-0.2, -0.15) is 0 Å². The molecule has 4 rings (SSSR count). The van der Waals surface area contributed by atoms with Gasteiger partial charge in [0.05, 0.1) is 10.9 Å². The van der Waals surface area contributed by atoms with Crippen LogP contribution in [0.2, 0.25) is 0 Å². The van der Waals surface area contributed by atoms with Gasteiger partial charge in [0.2, 0.25) is 10.0 Å². The Morgan fingerprint density at radius 1 is 1.25 bits per heavy atom. The van der Waals surface area contributed by atoms with Crippen molar-refractivity contribution >= 4 is 38.3 Å². The molecule has 1 unspecified atom stereocenters. The second-order valence-corrected chi connectivity index (χ2v) is 12.1. The Morgan fingerprint density at radius 3 is 2.75 bits per heavy atom. The van der Waals surface area contributed by atoms with Crippen LogP contribution in [-0.2, 0) is 16.4 Å². The lowest BCUT2D eigenvalue weighted by Crippen LogP contribution is -2.31. The average Bonchev–Trinajstić information content (AvgIpc) is 2.97. The normalized spacial score (nSPS) is 23.4. The van der Waals surface area contributed by atoms with Crippen molar-refractivity contribution in [1.82, 2.24) is 4.98 Å². The van der Waals surface area contributed by atoms with Crippen LogP contribution >= 0.6 is 23.1 Å². The molecule has 3 N–H and O–H groups in total. The quantitative estimate of drug-likeness (QED) is 0.719. The van der Waals surface area contributed by atoms with Gasteiger partial charge in [-0.1, -0.05) is 18.2 Å². The van der Waals surface area contributed by atoms with E-state index < -0.39 is 15.3 Å². The summed E-state index contributed by atoms with van der Waals surface area (Å²) in [5.41, 5.74) is 2.40. The fourth-order valence-corrected chi connectivity index (χ4v) is 6.90. The van der Waals surface area contributed by atoms with E-state index in [1.807, 2.05) is 11.8 Å². The molecule has 1 aromatic carbocycles. The number of nitrogens with zero attached hydrogens (tertiary/aromatic N) is 1. The number of thioether (sulfide) groups is 1. The van der Waals surface area contributed by atoms with Crippen LogP contribution < -0.4 is 10.5 Å². The van der Waals surface area contributed by atoms with E-state index in [-0.39, 0.29) is 0 Å². The van der Waals surface area contributed by atoms with Crippen LogP contribution in [0.4, 0.5) is 5.13 Å². The number of sulfonamides is 1. The summed E-state index contributed by atoms with van der Waals surface area (Å²) in [7, 11) is -3.42. The van der Waals surface area contributed by atoms with Gasteiger partial charge in [0.1, 0.15) is 0 Å². The molecule has 2 aromatic rings. The zero-order valence-electron chi connectivity index (χ0n) is 16.1. The number of aromatic nitrogens is 1. The Kier molecular flexibility index (Phi) is 6.01. The lowest BCUT2D eigenvalue weighted by Gasteiger charge is -2.30. The van der Waals surface area contributed by atoms with Gasteiger partial charge in [0, 0.05) is 27.1 Å². The molecule has 1 aliphatic carbocycles. The van der Waals surface area contributed by atoms with Crippen LogP contribution in [0.15, 0.2) is 29.2 Å². The summed E-state index contributed by atoms with van der Waals surface area (Å²) < 4.78 is 23.0. The zero-order chi connectivity index (χ0) is 19.7. The Labute approximate surface area is 175 Å². The second-order valence-electron chi connectivity index (χ2n) is 7.88. The Hall–Kier alpha value is -1.09. The SMILES string of the molecule is CC(CC1CCC(Nc2nc3c(s2)CCSc2ccccc2-3)CC1)S(N)(=O)=O. The molecule has 1 saturated carbocycles. The van der Waals surface area contributed by atoms with Gasteiger partial charge in [-0.05, 0) is 57.4 Å². The van der Waals surface area contributed by atoms with Crippen LogP contribution in [0.25, 0.3) is 11.3 Å². The van der Waals surface area contributed by atoms with Crippen LogP contribution in [0, 0.1) is 5.92 Å². The number of hydrogen-bond donors (Lipinski definition) is 2. The third kappa shape index (κ3) is 4.56. The van der Waals surface area contributed by atoms with Gasteiger partial charge in [-0.3, -0.25) is 0 Å². The Balaban J connectivity index is 1.39. The third-order valence-corrected chi connectivity index (χ3v) is 9.26. The van der Waals surface area contributed by atoms with Gasteiger partial charge in [0.25, 0.3) is 0 Å². The summed E-state index contributed by atoms with van der Waals surface area (Å²) in [5.74, 6) is 1.54. The molecule has 1 aromatic heterocycles. The maximum atomic E-state index is 11.5. The van der Waals surface area contributed by atoms with Crippen molar-refractivity contribution in [3.05, 3.63) is 29.1 Å². The highest BCUT2D eigenvalue weighted by Gasteiger charge is 2.27. The minimum absolute atomic E-state index is 0.417. The van der Waals surface area contributed by atoms with Crippen molar-refractivity contribution in [2.45, 2.75) is 61.6 Å². The van der Waals surface area contributed by atoms with E-state index in [1.54, 1.807) is 18.3 Å². The number of primary sulfonamides is 1. The molecule has 1 atom stereocenters. The topological polar surface area (TPSA) is 85.1 Å². The molecule has 5 nitrogen and oxygen atoms in total. The maximum absolute atomic E-state index is 11.5. The van der Waals surface area contributed by atoms with E-state index in [0.29, 0.717) is 18.4 Å².